The van der Waals surface area contributed by atoms with E-state index in [2.05, 4.69) is 20.9 Å². The molecule has 0 saturated heterocycles. The Hall–Kier alpha value is -1.62. The van der Waals surface area contributed by atoms with Crippen LogP contribution in [0.15, 0.2) is 10.7 Å². The average molecular weight is 292 g/mol. The van der Waals surface area contributed by atoms with Crippen LogP contribution in [0.5, 0.6) is 0 Å². The van der Waals surface area contributed by atoms with Crippen molar-refractivity contribution in [2.24, 2.45) is 0 Å². The Bertz CT molecular complexity index is 473. The van der Waals surface area contributed by atoms with Gasteiger partial charge in [-0.05, 0) is 9.91 Å². The second-order valence-electron chi connectivity index (χ2n) is 2.73. The first-order valence-electron chi connectivity index (χ1n) is 3.96. The number of halogens is 3. The largest absolute Gasteiger partial charge is 0.369 e. The molecule has 1 heterocycles. The summed E-state index contributed by atoms with van der Waals surface area (Å²) in [5, 5.41) is 19.0. The van der Waals surface area contributed by atoms with Gasteiger partial charge in [0.2, 0.25) is 4.60 Å². The minimum absolute atomic E-state index is 0.0591. The van der Waals surface area contributed by atoms with Crippen molar-refractivity contribution in [2.75, 3.05) is 0 Å². The fourth-order valence-electron chi connectivity index (χ4n) is 1.15. The number of hydrogen-bond donors (Lipinski definition) is 0. The van der Waals surface area contributed by atoms with E-state index in [1.165, 1.54) is 0 Å². The van der Waals surface area contributed by atoms with E-state index in [9.17, 15) is 18.9 Å². The highest BCUT2D eigenvalue weighted by molar-refractivity contribution is 9.10. The second kappa shape index (κ2) is 4.94. The monoisotopic (exact) mass is 291 g/mol. The Morgan fingerprint density at radius 1 is 1.69 bits per heavy atom. The summed E-state index contributed by atoms with van der Waals surface area (Å²) in [5.41, 5.74) is -0.888. The molecule has 0 spiro atoms. The van der Waals surface area contributed by atoms with Crippen molar-refractivity contribution < 1.29 is 13.7 Å². The van der Waals surface area contributed by atoms with Crippen LogP contribution in [-0.2, 0) is 6.42 Å². The Labute approximate surface area is 97.0 Å². The molecule has 0 amide bonds. The molecule has 8 heteroatoms. The van der Waals surface area contributed by atoms with Crippen molar-refractivity contribution in [3.8, 4) is 6.07 Å². The molecule has 5 nitrogen and oxygen atoms in total. The molecule has 0 radical (unpaired) electrons. The molecule has 0 aromatic carbocycles. The summed E-state index contributed by atoms with van der Waals surface area (Å²) in [6, 6.07) is 2.58. The van der Waals surface area contributed by atoms with E-state index >= 15 is 0 Å². The van der Waals surface area contributed by atoms with Gasteiger partial charge in [0.25, 0.3) is 6.43 Å². The molecule has 1 rings (SSSR count). The Kier molecular flexibility index (Phi) is 3.84. The minimum atomic E-state index is -2.89. The van der Waals surface area contributed by atoms with E-state index in [0.717, 1.165) is 6.07 Å². The lowest BCUT2D eigenvalue weighted by Gasteiger charge is -2.05. The molecule has 0 atom stereocenters. The molecule has 1 aromatic heterocycles. The summed E-state index contributed by atoms with van der Waals surface area (Å²) in [7, 11) is 0. The van der Waals surface area contributed by atoms with E-state index in [0.29, 0.717) is 0 Å². The summed E-state index contributed by atoms with van der Waals surface area (Å²) in [6.45, 7) is 0. The third-order valence-corrected chi connectivity index (χ3v) is 2.18. The van der Waals surface area contributed by atoms with Crippen LogP contribution in [0.4, 0.5) is 14.6 Å². The van der Waals surface area contributed by atoms with Gasteiger partial charge in [-0.2, -0.15) is 5.26 Å². The van der Waals surface area contributed by atoms with Gasteiger partial charge in [-0.1, -0.05) is 0 Å². The Balaban J connectivity index is 3.48. The Morgan fingerprint density at radius 2 is 2.31 bits per heavy atom. The van der Waals surface area contributed by atoms with Gasteiger partial charge >= 0.3 is 5.82 Å². The summed E-state index contributed by atoms with van der Waals surface area (Å²) in [5.74, 6) is -0.716. The standard InChI is InChI=1S/C8H4BrF2N3O2/c9-6-3-5(7(10)11)4(1-2-12)8(13-6)14(15)16/h3,7H,1H2. The average Bonchev–Trinajstić information content (AvgIpc) is 2.19. The Morgan fingerprint density at radius 3 is 2.75 bits per heavy atom. The maximum Gasteiger partial charge on any atom is 0.369 e. The maximum absolute atomic E-state index is 12.6. The van der Waals surface area contributed by atoms with Crippen LogP contribution in [0.2, 0.25) is 0 Å². The highest BCUT2D eigenvalue weighted by Crippen LogP contribution is 2.31. The van der Waals surface area contributed by atoms with Crippen LogP contribution in [0.25, 0.3) is 0 Å². The third kappa shape index (κ3) is 2.49. The lowest BCUT2D eigenvalue weighted by atomic mass is 10.1. The predicted octanol–water partition coefficient (Wildman–Crippen LogP) is 2.76. The van der Waals surface area contributed by atoms with Crippen molar-refractivity contribution in [1.82, 2.24) is 4.98 Å². The number of hydrogen-bond acceptors (Lipinski definition) is 4. The molecule has 84 valence electrons. The van der Waals surface area contributed by atoms with Gasteiger partial charge in [-0.15, -0.1) is 0 Å². The number of rotatable bonds is 3. The smallest absolute Gasteiger partial charge is 0.358 e. The fourth-order valence-corrected chi connectivity index (χ4v) is 1.57. The first-order valence-corrected chi connectivity index (χ1v) is 4.75. The topological polar surface area (TPSA) is 79.8 Å². The molecule has 16 heavy (non-hydrogen) atoms. The second-order valence-corrected chi connectivity index (χ2v) is 3.54. The fraction of sp³-hybridized carbons (Fsp3) is 0.250. The molecule has 0 aliphatic carbocycles. The molecule has 0 saturated carbocycles. The lowest BCUT2D eigenvalue weighted by molar-refractivity contribution is -0.390. The summed E-state index contributed by atoms with van der Waals surface area (Å²) in [4.78, 5) is 13.2. The van der Waals surface area contributed by atoms with E-state index < -0.39 is 29.2 Å². The molecular formula is C8H4BrF2N3O2. The van der Waals surface area contributed by atoms with Crippen LogP contribution < -0.4 is 0 Å². The molecule has 1 aromatic rings. The lowest BCUT2D eigenvalue weighted by Crippen LogP contribution is -2.04. The van der Waals surface area contributed by atoms with Crippen molar-refractivity contribution >= 4 is 21.7 Å². The maximum atomic E-state index is 12.6. The van der Waals surface area contributed by atoms with Crippen LogP contribution >= 0.6 is 15.9 Å². The number of nitrogens with zero attached hydrogens (tertiary/aromatic N) is 3. The SMILES string of the molecule is N#CCc1c(C(F)F)cc(Br)nc1[N+](=O)[O-]. The van der Waals surface area contributed by atoms with Crippen LogP contribution in [0.3, 0.4) is 0 Å². The minimum Gasteiger partial charge on any atom is -0.358 e. The van der Waals surface area contributed by atoms with Crippen LogP contribution in [0, 0.1) is 21.4 Å². The summed E-state index contributed by atoms with van der Waals surface area (Å²) < 4.78 is 25.1. The number of nitriles is 1. The van der Waals surface area contributed by atoms with Crippen molar-refractivity contribution in [1.29, 1.82) is 5.26 Å². The molecular weight excluding hydrogens is 288 g/mol. The highest BCUT2D eigenvalue weighted by atomic mass is 79.9. The van der Waals surface area contributed by atoms with Gasteiger partial charge in [0.05, 0.1) is 18.1 Å². The first kappa shape index (κ1) is 12.4. The molecule has 0 fully saturated rings. The van der Waals surface area contributed by atoms with Crippen molar-refractivity contribution in [3.05, 3.63) is 31.9 Å². The van der Waals surface area contributed by atoms with E-state index in [4.69, 9.17) is 5.26 Å². The predicted molar refractivity (Wildman–Crippen MR) is 52.9 cm³/mol. The van der Waals surface area contributed by atoms with Gasteiger partial charge in [0, 0.05) is 27.6 Å². The van der Waals surface area contributed by atoms with Crippen molar-refractivity contribution in [3.63, 3.8) is 0 Å². The highest BCUT2D eigenvalue weighted by Gasteiger charge is 2.25. The van der Waals surface area contributed by atoms with E-state index in [1.54, 1.807) is 6.07 Å². The third-order valence-electron chi connectivity index (χ3n) is 1.77. The number of pyridine rings is 1. The van der Waals surface area contributed by atoms with Crippen LogP contribution in [-0.4, -0.2) is 9.91 Å². The molecule has 0 bridgehead atoms. The van der Waals surface area contributed by atoms with Gasteiger partial charge < -0.3 is 10.1 Å². The van der Waals surface area contributed by atoms with Gasteiger partial charge in [-0.25, -0.2) is 8.78 Å². The molecule has 0 aliphatic heterocycles. The zero-order valence-electron chi connectivity index (χ0n) is 7.65. The zero-order valence-corrected chi connectivity index (χ0v) is 9.24. The first-order chi connectivity index (χ1) is 7.47. The van der Waals surface area contributed by atoms with E-state index in [-0.39, 0.29) is 10.2 Å². The van der Waals surface area contributed by atoms with E-state index in [1.807, 2.05) is 0 Å². The van der Waals surface area contributed by atoms with Crippen molar-refractivity contribution in [2.45, 2.75) is 12.8 Å². The molecule has 0 unspecified atom stereocenters. The normalized spacial score (nSPS) is 10.2. The molecule has 0 N–H and O–H groups in total. The molecule has 0 aliphatic rings. The number of alkyl halides is 2. The summed E-state index contributed by atoms with van der Waals surface area (Å²) in [6.07, 6.45) is -3.36. The van der Waals surface area contributed by atoms with Crippen LogP contribution in [0.1, 0.15) is 17.6 Å². The number of aromatic nitrogens is 1. The van der Waals surface area contributed by atoms with Gasteiger partial charge in [0.15, 0.2) is 0 Å². The zero-order chi connectivity index (χ0) is 12.3. The quantitative estimate of drug-likeness (QED) is 0.487. The summed E-state index contributed by atoms with van der Waals surface area (Å²) >= 11 is 2.80. The number of nitro groups is 1. The van der Waals surface area contributed by atoms with Gasteiger partial charge in [-0.3, -0.25) is 0 Å². The van der Waals surface area contributed by atoms with Gasteiger partial charge in [0.1, 0.15) is 0 Å².